The Hall–Kier alpha value is -0.620. The van der Waals surface area contributed by atoms with Gasteiger partial charge in [-0.3, -0.25) is 4.79 Å². The predicted octanol–water partition coefficient (Wildman–Crippen LogP) is 0.875. The van der Waals surface area contributed by atoms with E-state index in [1.54, 1.807) is 11.4 Å². The lowest BCUT2D eigenvalue weighted by Gasteiger charge is -2.07. The lowest BCUT2D eigenvalue weighted by Crippen LogP contribution is -2.27. The summed E-state index contributed by atoms with van der Waals surface area (Å²) in [5.74, 6) is -0.250. The van der Waals surface area contributed by atoms with Crippen LogP contribution in [0.3, 0.4) is 0 Å². The topological polar surface area (TPSA) is 69.6 Å². The van der Waals surface area contributed by atoms with Gasteiger partial charge in [-0.2, -0.15) is 0 Å². The maximum Gasteiger partial charge on any atom is 0.262 e. The molecule has 0 radical (unpaired) electrons. The average Bonchev–Trinajstić information content (AvgIpc) is 2.64. The predicted molar refractivity (Wildman–Crippen MR) is 59.4 cm³/mol. The minimum Gasteiger partial charge on any atom is -0.394 e. The van der Waals surface area contributed by atoms with Crippen LogP contribution in [0, 0.1) is 0 Å². The minimum absolute atomic E-state index is 0.250. The Morgan fingerprint density at radius 1 is 1.67 bits per heavy atom. The van der Waals surface area contributed by atoms with Gasteiger partial charge in [-0.25, -0.2) is 0 Å². The van der Waals surface area contributed by atoms with E-state index in [-0.39, 0.29) is 12.5 Å². The molecular weight excluding hydrogens is 238 g/mol. The van der Waals surface area contributed by atoms with Crippen molar-refractivity contribution >= 4 is 28.8 Å². The molecule has 84 valence electrons. The van der Waals surface area contributed by atoms with E-state index >= 15 is 0 Å². The van der Waals surface area contributed by atoms with E-state index in [1.165, 1.54) is 11.3 Å². The third-order valence-corrected chi connectivity index (χ3v) is 3.14. The van der Waals surface area contributed by atoms with Gasteiger partial charge >= 0.3 is 0 Å². The van der Waals surface area contributed by atoms with Crippen LogP contribution in [0.15, 0.2) is 11.4 Å². The van der Waals surface area contributed by atoms with E-state index in [1.807, 2.05) is 0 Å². The molecule has 0 aliphatic heterocycles. The lowest BCUT2D eigenvalue weighted by molar-refractivity contribution is 0.0835. The molecule has 3 N–H and O–H groups in total. The van der Waals surface area contributed by atoms with E-state index < -0.39 is 6.10 Å². The number of halogens is 1. The van der Waals surface area contributed by atoms with Crippen molar-refractivity contribution in [2.45, 2.75) is 12.5 Å². The molecule has 6 heteroatoms. The first-order valence-electron chi connectivity index (χ1n) is 4.45. The zero-order valence-electron chi connectivity index (χ0n) is 7.94. The lowest BCUT2D eigenvalue weighted by atomic mass is 10.2. The molecule has 1 unspecified atom stereocenters. The summed E-state index contributed by atoms with van der Waals surface area (Å²) in [6, 6.07) is 1.66. The monoisotopic (exact) mass is 249 g/mol. The SMILES string of the molecule is O=C(NCCC(O)CO)c1sccc1Cl. The highest BCUT2D eigenvalue weighted by Crippen LogP contribution is 2.21. The molecule has 1 rings (SSSR count). The fourth-order valence-corrected chi connectivity index (χ4v) is 2.04. The van der Waals surface area contributed by atoms with Gasteiger partial charge < -0.3 is 15.5 Å². The molecule has 0 spiro atoms. The van der Waals surface area contributed by atoms with Gasteiger partial charge in [0.25, 0.3) is 5.91 Å². The second kappa shape index (κ2) is 6.07. The van der Waals surface area contributed by atoms with Gasteiger partial charge in [0.1, 0.15) is 4.88 Å². The number of nitrogens with one attached hydrogen (secondary N) is 1. The van der Waals surface area contributed by atoms with Gasteiger partial charge in [-0.1, -0.05) is 11.6 Å². The van der Waals surface area contributed by atoms with Crippen molar-refractivity contribution in [3.05, 3.63) is 21.3 Å². The normalized spacial score (nSPS) is 12.5. The number of carbonyl (C=O) groups excluding carboxylic acids is 1. The third-order valence-electron chi connectivity index (χ3n) is 1.80. The highest BCUT2D eigenvalue weighted by molar-refractivity contribution is 7.12. The van der Waals surface area contributed by atoms with Crippen molar-refractivity contribution < 1.29 is 15.0 Å². The van der Waals surface area contributed by atoms with Crippen molar-refractivity contribution in [2.24, 2.45) is 0 Å². The van der Waals surface area contributed by atoms with E-state index in [4.69, 9.17) is 21.8 Å². The van der Waals surface area contributed by atoms with Crippen molar-refractivity contribution in [2.75, 3.05) is 13.2 Å². The minimum atomic E-state index is -0.788. The standard InChI is InChI=1S/C9H12ClNO3S/c10-7-2-4-15-8(7)9(14)11-3-1-6(13)5-12/h2,4,6,12-13H,1,3,5H2,(H,11,14). The highest BCUT2D eigenvalue weighted by Gasteiger charge is 2.11. The summed E-state index contributed by atoms with van der Waals surface area (Å²) in [6.45, 7) is 0.0183. The van der Waals surface area contributed by atoms with E-state index in [0.29, 0.717) is 22.9 Å². The van der Waals surface area contributed by atoms with Crippen LogP contribution in [-0.2, 0) is 0 Å². The molecule has 4 nitrogen and oxygen atoms in total. The fraction of sp³-hybridized carbons (Fsp3) is 0.444. The van der Waals surface area contributed by atoms with Crippen molar-refractivity contribution in [3.8, 4) is 0 Å². The molecule has 0 aromatic carbocycles. The average molecular weight is 250 g/mol. The molecular formula is C9H12ClNO3S. The molecule has 1 heterocycles. The number of hydrogen-bond acceptors (Lipinski definition) is 4. The summed E-state index contributed by atoms with van der Waals surface area (Å²) in [6.07, 6.45) is -0.463. The van der Waals surface area contributed by atoms with Gasteiger partial charge in [0.05, 0.1) is 17.7 Å². The van der Waals surface area contributed by atoms with Crippen LogP contribution in [0.5, 0.6) is 0 Å². The van der Waals surface area contributed by atoms with Crippen LogP contribution in [0.1, 0.15) is 16.1 Å². The Labute approximate surface area is 96.5 Å². The maximum atomic E-state index is 11.5. The number of amides is 1. The molecule has 0 aliphatic rings. The molecule has 0 saturated heterocycles. The molecule has 1 aromatic rings. The van der Waals surface area contributed by atoms with Gasteiger partial charge in [-0.05, 0) is 17.9 Å². The van der Waals surface area contributed by atoms with Gasteiger partial charge in [-0.15, -0.1) is 11.3 Å². The van der Waals surface area contributed by atoms with E-state index in [0.717, 1.165) is 0 Å². The second-order valence-corrected chi connectivity index (χ2v) is 4.30. The summed E-state index contributed by atoms with van der Waals surface area (Å²) in [7, 11) is 0. The first kappa shape index (κ1) is 12.4. The van der Waals surface area contributed by atoms with E-state index in [2.05, 4.69) is 5.32 Å². The number of hydrogen-bond donors (Lipinski definition) is 3. The molecule has 15 heavy (non-hydrogen) atoms. The summed E-state index contributed by atoms with van der Waals surface area (Å²) in [4.78, 5) is 11.9. The van der Waals surface area contributed by atoms with Crippen molar-refractivity contribution in [1.29, 1.82) is 0 Å². The number of rotatable bonds is 5. The Morgan fingerprint density at radius 3 is 2.93 bits per heavy atom. The molecule has 1 atom stereocenters. The van der Waals surface area contributed by atoms with Crippen LogP contribution in [0.25, 0.3) is 0 Å². The summed E-state index contributed by atoms with van der Waals surface area (Å²) < 4.78 is 0. The van der Waals surface area contributed by atoms with Crippen LogP contribution in [0.4, 0.5) is 0 Å². The highest BCUT2D eigenvalue weighted by atomic mass is 35.5. The van der Waals surface area contributed by atoms with Crippen LogP contribution in [-0.4, -0.2) is 35.4 Å². The first-order valence-corrected chi connectivity index (χ1v) is 5.71. The Balaban J connectivity index is 2.34. The van der Waals surface area contributed by atoms with Crippen LogP contribution >= 0.6 is 22.9 Å². The Bertz CT molecular complexity index is 329. The molecule has 0 aliphatic carbocycles. The molecule has 1 amide bonds. The molecule has 1 aromatic heterocycles. The van der Waals surface area contributed by atoms with Gasteiger partial charge in [0, 0.05) is 6.54 Å². The van der Waals surface area contributed by atoms with Crippen molar-refractivity contribution in [3.63, 3.8) is 0 Å². The quantitative estimate of drug-likeness (QED) is 0.726. The van der Waals surface area contributed by atoms with Crippen LogP contribution < -0.4 is 5.32 Å². The molecule has 0 fully saturated rings. The zero-order valence-corrected chi connectivity index (χ0v) is 9.51. The molecule has 0 bridgehead atoms. The van der Waals surface area contributed by atoms with Crippen molar-refractivity contribution in [1.82, 2.24) is 5.32 Å². The summed E-state index contributed by atoms with van der Waals surface area (Å²) in [5, 5.41) is 22.4. The largest absolute Gasteiger partial charge is 0.394 e. The van der Waals surface area contributed by atoms with E-state index in [9.17, 15) is 4.79 Å². The summed E-state index contributed by atoms with van der Waals surface area (Å²) in [5.41, 5.74) is 0. The number of carbonyl (C=O) groups is 1. The number of thiophene rings is 1. The summed E-state index contributed by atoms with van der Waals surface area (Å²) >= 11 is 7.03. The third kappa shape index (κ3) is 3.79. The van der Waals surface area contributed by atoms with Gasteiger partial charge in [0.15, 0.2) is 0 Å². The van der Waals surface area contributed by atoms with Gasteiger partial charge in [0.2, 0.25) is 0 Å². The Kier molecular flexibility index (Phi) is 5.04. The zero-order chi connectivity index (χ0) is 11.3. The van der Waals surface area contributed by atoms with Crippen LogP contribution in [0.2, 0.25) is 5.02 Å². The second-order valence-electron chi connectivity index (χ2n) is 2.98. The maximum absolute atomic E-state index is 11.5. The first-order chi connectivity index (χ1) is 7.15. The molecule has 0 saturated carbocycles. The number of aliphatic hydroxyl groups excluding tert-OH is 2. The smallest absolute Gasteiger partial charge is 0.262 e. The number of aliphatic hydroxyl groups is 2. The fourth-order valence-electron chi connectivity index (χ4n) is 0.980. The Morgan fingerprint density at radius 2 is 2.40 bits per heavy atom.